The Labute approximate surface area is 177 Å². The van der Waals surface area contributed by atoms with Crippen molar-refractivity contribution in [1.82, 2.24) is 9.88 Å². The maximum absolute atomic E-state index is 6.32. The molecule has 2 heterocycles. The van der Waals surface area contributed by atoms with Crippen LogP contribution in [0.5, 0.6) is 11.5 Å². The van der Waals surface area contributed by atoms with Crippen molar-refractivity contribution < 1.29 is 9.47 Å². The zero-order valence-electron chi connectivity index (χ0n) is 18.2. The molecule has 0 bridgehead atoms. The van der Waals surface area contributed by atoms with E-state index < -0.39 is 0 Å². The summed E-state index contributed by atoms with van der Waals surface area (Å²) in [7, 11) is 5.97. The summed E-state index contributed by atoms with van der Waals surface area (Å²) in [6.45, 7) is 3.60. The van der Waals surface area contributed by atoms with Crippen molar-refractivity contribution in [2.24, 2.45) is 0 Å². The number of benzene rings is 2. The molecule has 0 atom stereocenters. The molecule has 5 rings (SSSR count). The van der Waals surface area contributed by atoms with E-state index in [1.165, 1.54) is 35.1 Å². The highest BCUT2D eigenvalue weighted by molar-refractivity contribution is 5.87. The SMILES string of the molecule is COc1cc2c(cc1OCC1(N(C)C)CC1)N(c1ccc3[nH]c(C)cc3c1)CC=C2. The maximum atomic E-state index is 6.32. The third-order valence-electron chi connectivity index (χ3n) is 6.51. The zero-order valence-corrected chi connectivity index (χ0v) is 18.2. The van der Waals surface area contributed by atoms with Gasteiger partial charge in [0.25, 0.3) is 0 Å². The average Bonchev–Trinajstić information content (AvgIpc) is 3.45. The van der Waals surface area contributed by atoms with Crippen molar-refractivity contribution in [2.45, 2.75) is 25.3 Å². The van der Waals surface area contributed by atoms with Crippen molar-refractivity contribution in [1.29, 1.82) is 0 Å². The number of methoxy groups -OCH3 is 1. The van der Waals surface area contributed by atoms with Crippen molar-refractivity contribution in [3.63, 3.8) is 0 Å². The molecule has 5 nitrogen and oxygen atoms in total. The number of H-pyrrole nitrogens is 1. The number of likely N-dealkylation sites (N-methyl/N-ethyl adjacent to an activating group) is 1. The van der Waals surface area contributed by atoms with E-state index in [1.807, 2.05) is 0 Å². The Bertz CT molecular complexity index is 1120. The summed E-state index contributed by atoms with van der Waals surface area (Å²) in [4.78, 5) is 8.02. The average molecular weight is 404 g/mol. The Hall–Kier alpha value is -2.92. The standard InChI is InChI=1S/C25H29N3O2/c1-17-12-19-13-20(7-8-21(19)26-17)28-11-5-6-18-14-23(29-4)24(15-22(18)28)30-16-25(9-10-25)27(2)3/h5-8,12-15,26H,9-11,16H2,1-4H3. The van der Waals surface area contributed by atoms with Crippen LogP contribution in [-0.4, -0.2) is 49.8 Å². The Kier molecular flexibility index (Phi) is 4.51. The molecule has 0 spiro atoms. The van der Waals surface area contributed by atoms with Crippen LogP contribution in [0.1, 0.15) is 24.1 Å². The predicted molar refractivity (Wildman–Crippen MR) is 123 cm³/mol. The zero-order chi connectivity index (χ0) is 20.9. The van der Waals surface area contributed by atoms with Gasteiger partial charge in [0.15, 0.2) is 11.5 Å². The number of ether oxygens (including phenoxy) is 2. The normalized spacial score (nSPS) is 16.8. The van der Waals surface area contributed by atoms with Gasteiger partial charge in [0, 0.05) is 40.5 Å². The molecule has 1 fully saturated rings. The molecule has 3 aromatic rings. The van der Waals surface area contributed by atoms with E-state index in [0.29, 0.717) is 6.61 Å². The predicted octanol–water partition coefficient (Wildman–Crippen LogP) is 5.12. The number of fused-ring (bicyclic) bond motifs is 2. The number of hydrogen-bond donors (Lipinski definition) is 1. The first kappa shape index (κ1) is 19.1. The minimum Gasteiger partial charge on any atom is -0.493 e. The third kappa shape index (κ3) is 3.23. The third-order valence-corrected chi connectivity index (χ3v) is 6.51. The van der Waals surface area contributed by atoms with E-state index in [2.05, 4.69) is 84.4 Å². The molecule has 0 radical (unpaired) electrons. The molecule has 1 saturated carbocycles. The second-order valence-corrected chi connectivity index (χ2v) is 8.71. The monoisotopic (exact) mass is 403 g/mol. The van der Waals surface area contributed by atoms with Gasteiger partial charge in [0.05, 0.1) is 18.3 Å². The first-order chi connectivity index (χ1) is 14.5. The second kappa shape index (κ2) is 7.10. The smallest absolute Gasteiger partial charge is 0.163 e. The van der Waals surface area contributed by atoms with Gasteiger partial charge in [-0.1, -0.05) is 12.2 Å². The Morgan fingerprint density at radius 2 is 1.93 bits per heavy atom. The first-order valence-electron chi connectivity index (χ1n) is 10.5. The summed E-state index contributed by atoms with van der Waals surface area (Å²) < 4.78 is 12.0. The van der Waals surface area contributed by atoms with Crippen molar-refractivity contribution in [3.05, 3.63) is 53.7 Å². The largest absolute Gasteiger partial charge is 0.493 e. The van der Waals surface area contributed by atoms with Gasteiger partial charge >= 0.3 is 0 Å². The molecule has 30 heavy (non-hydrogen) atoms. The molecule has 156 valence electrons. The lowest BCUT2D eigenvalue weighted by molar-refractivity contribution is 0.164. The van der Waals surface area contributed by atoms with Crippen LogP contribution in [0.25, 0.3) is 17.0 Å². The highest BCUT2D eigenvalue weighted by Crippen LogP contribution is 2.44. The maximum Gasteiger partial charge on any atom is 0.163 e. The van der Waals surface area contributed by atoms with Gasteiger partial charge in [-0.25, -0.2) is 0 Å². The number of nitrogens with one attached hydrogen (secondary N) is 1. The van der Waals surface area contributed by atoms with Crippen LogP contribution in [0.2, 0.25) is 0 Å². The molecule has 1 aliphatic heterocycles. The summed E-state index contributed by atoms with van der Waals surface area (Å²) in [6.07, 6.45) is 6.72. The molecule has 0 unspecified atom stereocenters. The van der Waals surface area contributed by atoms with E-state index in [1.54, 1.807) is 7.11 Å². The lowest BCUT2D eigenvalue weighted by Crippen LogP contribution is -2.36. The van der Waals surface area contributed by atoms with Gasteiger partial charge in [-0.3, -0.25) is 0 Å². The number of aromatic nitrogens is 1. The van der Waals surface area contributed by atoms with Crippen LogP contribution in [-0.2, 0) is 0 Å². The van der Waals surface area contributed by atoms with Gasteiger partial charge in [-0.2, -0.15) is 0 Å². The Morgan fingerprint density at radius 3 is 2.67 bits per heavy atom. The topological polar surface area (TPSA) is 40.7 Å². The van der Waals surface area contributed by atoms with E-state index in [4.69, 9.17) is 9.47 Å². The molecular weight excluding hydrogens is 374 g/mol. The quantitative estimate of drug-likeness (QED) is 0.620. The van der Waals surface area contributed by atoms with Crippen LogP contribution in [0.3, 0.4) is 0 Å². The van der Waals surface area contributed by atoms with Crippen LogP contribution in [0.4, 0.5) is 11.4 Å². The summed E-state index contributed by atoms with van der Waals surface area (Å²) >= 11 is 0. The van der Waals surface area contributed by atoms with Crippen molar-refractivity contribution >= 4 is 28.4 Å². The van der Waals surface area contributed by atoms with Crippen LogP contribution >= 0.6 is 0 Å². The van der Waals surface area contributed by atoms with E-state index in [9.17, 15) is 0 Å². The number of anilines is 2. The number of aryl methyl sites for hydroxylation is 1. The molecule has 5 heteroatoms. The fourth-order valence-corrected chi connectivity index (χ4v) is 4.34. The minimum atomic E-state index is 0.164. The molecular formula is C25H29N3O2. The van der Waals surface area contributed by atoms with Crippen LogP contribution < -0.4 is 14.4 Å². The lowest BCUT2D eigenvalue weighted by Gasteiger charge is -2.30. The lowest BCUT2D eigenvalue weighted by atomic mass is 10.0. The summed E-state index contributed by atoms with van der Waals surface area (Å²) in [6, 6.07) is 13.0. The molecule has 2 aliphatic rings. The fourth-order valence-electron chi connectivity index (χ4n) is 4.34. The van der Waals surface area contributed by atoms with Crippen LogP contribution in [0, 0.1) is 6.92 Å². The van der Waals surface area contributed by atoms with Gasteiger partial charge < -0.3 is 24.3 Å². The van der Waals surface area contributed by atoms with E-state index in [0.717, 1.165) is 29.3 Å². The summed E-state index contributed by atoms with van der Waals surface area (Å²) in [5.41, 5.74) is 5.98. The molecule has 1 aliphatic carbocycles. The Morgan fingerprint density at radius 1 is 1.10 bits per heavy atom. The molecule has 0 amide bonds. The van der Waals surface area contributed by atoms with Crippen molar-refractivity contribution in [3.8, 4) is 11.5 Å². The van der Waals surface area contributed by atoms with Gasteiger partial charge in [0.2, 0.25) is 0 Å². The van der Waals surface area contributed by atoms with E-state index >= 15 is 0 Å². The second-order valence-electron chi connectivity index (χ2n) is 8.71. The highest BCUT2D eigenvalue weighted by Gasteiger charge is 2.45. The summed E-state index contributed by atoms with van der Waals surface area (Å²) in [5, 5.41) is 1.23. The number of rotatable bonds is 6. The van der Waals surface area contributed by atoms with Gasteiger partial charge in [-0.05, 0) is 64.2 Å². The molecule has 1 aromatic heterocycles. The van der Waals surface area contributed by atoms with Crippen LogP contribution in [0.15, 0.2) is 42.5 Å². The molecule has 0 saturated heterocycles. The first-order valence-corrected chi connectivity index (χ1v) is 10.5. The van der Waals surface area contributed by atoms with Gasteiger partial charge in [0.1, 0.15) is 6.61 Å². The van der Waals surface area contributed by atoms with Gasteiger partial charge in [-0.15, -0.1) is 0 Å². The fraction of sp³-hybridized carbons (Fsp3) is 0.360. The summed E-state index contributed by atoms with van der Waals surface area (Å²) in [5.74, 6) is 1.59. The Balaban J connectivity index is 1.50. The molecule has 1 N–H and O–H groups in total. The number of hydrogen-bond acceptors (Lipinski definition) is 4. The van der Waals surface area contributed by atoms with Crippen molar-refractivity contribution in [2.75, 3.05) is 39.3 Å². The minimum absolute atomic E-state index is 0.164. The number of nitrogens with zero attached hydrogens (tertiary/aromatic N) is 2. The highest BCUT2D eigenvalue weighted by atomic mass is 16.5. The van der Waals surface area contributed by atoms with E-state index in [-0.39, 0.29) is 5.54 Å². The number of aromatic amines is 1. The molecule has 2 aromatic carbocycles.